The van der Waals surface area contributed by atoms with Crippen LogP contribution in [-0.4, -0.2) is 24.4 Å². The summed E-state index contributed by atoms with van der Waals surface area (Å²) < 4.78 is 5.58. The Labute approximate surface area is 135 Å². The highest BCUT2D eigenvalue weighted by molar-refractivity contribution is 9.09. The van der Waals surface area contributed by atoms with Gasteiger partial charge in [0.2, 0.25) is 0 Å². The molecular formula is C17H24BrNO2. The third-order valence-corrected chi connectivity index (χ3v) is 5.33. The highest BCUT2D eigenvalue weighted by Crippen LogP contribution is 2.39. The highest BCUT2D eigenvalue weighted by Gasteiger charge is 2.33. The lowest BCUT2D eigenvalue weighted by Gasteiger charge is -2.26. The van der Waals surface area contributed by atoms with Crippen molar-refractivity contribution in [1.82, 2.24) is 5.32 Å². The molecule has 3 nitrogen and oxygen atoms in total. The van der Waals surface area contributed by atoms with Crippen LogP contribution in [0.15, 0.2) is 24.3 Å². The number of benzene rings is 1. The molecule has 1 aliphatic carbocycles. The Hall–Kier alpha value is -1.03. The van der Waals surface area contributed by atoms with Crippen LogP contribution in [0.5, 0.6) is 5.75 Å². The van der Waals surface area contributed by atoms with Crippen LogP contribution in [0.3, 0.4) is 0 Å². The number of carbonyl (C=O) groups is 1. The quantitative estimate of drug-likeness (QED) is 0.747. The predicted octanol–water partition coefficient (Wildman–Crippen LogP) is 4.16. The van der Waals surface area contributed by atoms with Gasteiger partial charge in [0.15, 0.2) is 0 Å². The second kappa shape index (κ2) is 7.83. The number of rotatable bonds is 7. The summed E-state index contributed by atoms with van der Waals surface area (Å²) in [7, 11) is 0. The molecule has 0 saturated heterocycles. The zero-order valence-electron chi connectivity index (χ0n) is 12.7. The van der Waals surface area contributed by atoms with Crippen molar-refractivity contribution in [3.8, 4) is 5.75 Å². The van der Waals surface area contributed by atoms with E-state index in [1.807, 2.05) is 24.3 Å². The molecule has 1 N–H and O–H groups in total. The Balaban J connectivity index is 1.93. The summed E-state index contributed by atoms with van der Waals surface area (Å²) in [5, 5.41) is 4.05. The second-order valence-electron chi connectivity index (χ2n) is 5.90. The van der Waals surface area contributed by atoms with E-state index in [4.69, 9.17) is 4.74 Å². The molecule has 0 unspecified atom stereocenters. The normalized spacial score (nSPS) is 16.7. The lowest BCUT2D eigenvalue weighted by atomic mass is 9.89. The van der Waals surface area contributed by atoms with E-state index in [-0.39, 0.29) is 11.3 Å². The number of amides is 1. The summed E-state index contributed by atoms with van der Waals surface area (Å²) in [4.78, 5) is 12.3. The molecule has 1 aliphatic rings. The molecule has 0 radical (unpaired) electrons. The molecule has 1 aromatic rings. The maximum Gasteiger partial charge on any atom is 0.251 e. The molecule has 1 saturated carbocycles. The van der Waals surface area contributed by atoms with Crippen molar-refractivity contribution in [2.75, 3.05) is 18.5 Å². The molecule has 0 heterocycles. The minimum Gasteiger partial charge on any atom is -0.494 e. The van der Waals surface area contributed by atoms with Gasteiger partial charge in [0.1, 0.15) is 5.75 Å². The number of alkyl halides is 1. The standard InChI is InChI=1S/C17H24BrNO2/c1-2-10-21-15-7-5-6-14(11-15)16(20)19-13-17(12-18)8-3-4-9-17/h5-7,11H,2-4,8-10,12-13H2,1H3,(H,19,20). The van der Waals surface area contributed by atoms with Crippen molar-refractivity contribution in [2.45, 2.75) is 39.0 Å². The summed E-state index contributed by atoms with van der Waals surface area (Å²) in [5.41, 5.74) is 0.915. The van der Waals surface area contributed by atoms with Crippen molar-refractivity contribution < 1.29 is 9.53 Å². The van der Waals surface area contributed by atoms with E-state index in [1.54, 1.807) is 0 Å². The van der Waals surface area contributed by atoms with Crippen LogP contribution in [0.25, 0.3) is 0 Å². The molecule has 1 aromatic carbocycles. The number of hydrogen-bond acceptors (Lipinski definition) is 2. The molecule has 0 aliphatic heterocycles. The van der Waals surface area contributed by atoms with E-state index in [1.165, 1.54) is 25.7 Å². The first kappa shape index (κ1) is 16.3. The van der Waals surface area contributed by atoms with Crippen molar-refractivity contribution >= 4 is 21.8 Å². The molecule has 1 amide bonds. The Morgan fingerprint density at radius 3 is 2.81 bits per heavy atom. The first-order chi connectivity index (χ1) is 10.2. The molecular weight excluding hydrogens is 330 g/mol. The third kappa shape index (κ3) is 4.47. The summed E-state index contributed by atoms with van der Waals surface area (Å²) in [5.74, 6) is 0.754. The summed E-state index contributed by atoms with van der Waals surface area (Å²) in [6, 6.07) is 7.42. The number of halogens is 1. The SMILES string of the molecule is CCCOc1cccc(C(=O)NCC2(CBr)CCCC2)c1. The van der Waals surface area contributed by atoms with Crippen molar-refractivity contribution in [3.05, 3.63) is 29.8 Å². The zero-order chi connectivity index (χ0) is 15.1. The minimum absolute atomic E-state index is 0.0100. The topological polar surface area (TPSA) is 38.3 Å². The number of carbonyl (C=O) groups excluding carboxylic acids is 1. The van der Waals surface area contributed by atoms with Crippen LogP contribution < -0.4 is 10.1 Å². The van der Waals surface area contributed by atoms with Crippen LogP contribution in [-0.2, 0) is 0 Å². The molecule has 0 aromatic heterocycles. The van der Waals surface area contributed by atoms with Gasteiger partial charge in [-0.05, 0) is 42.9 Å². The summed E-state index contributed by atoms with van der Waals surface area (Å²) in [6.07, 6.45) is 5.88. The third-order valence-electron chi connectivity index (χ3n) is 4.14. The van der Waals surface area contributed by atoms with Crippen molar-refractivity contribution in [3.63, 3.8) is 0 Å². The molecule has 116 valence electrons. The van der Waals surface area contributed by atoms with Gasteiger partial charge in [-0.2, -0.15) is 0 Å². The van der Waals surface area contributed by atoms with Gasteiger partial charge in [-0.15, -0.1) is 0 Å². The molecule has 4 heteroatoms. The fourth-order valence-corrected chi connectivity index (χ4v) is 3.56. The Morgan fingerprint density at radius 2 is 2.14 bits per heavy atom. The molecule has 21 heavy (non-hydrogen) atoms. The first-order valence-electron chi connectivity index (χ1n) is 7.76. The van der Waals surface area contributed by atoms with Gasteiger partial charge >= 0.3 is 0 Å². The molecule has 2 rings (SSSR count). The molecule has 0 spiro atoms. The Morgan fingerprint density at radius 1 is 1.38 bits per heavy atom. The van der Waals surface area contributed by atoms with Gasteiger partial charge in [0, 0.05) is 17.4 Å². The minimum atomic E-state index is -0.0100. The predicted molar refractivity (Wildman–Crippen MR) is 89.3 cm³/mol. The second-order valence-corrected chi connectivity index (χ2v) is 6.46. The maximum absolute atomic E-state index is 12.3. The van der Waals surface area contributed by atoms with E-state index in [2.05, 4.69) is 28.2 Å². The van der Waals surface area contributed by atoms with E-state index in [0.717, 1.165) is 24.0 Å². The van der Waals surface area contributed by atoms with Gasteiger partial charge in [-0.1, -0.05) is 41.8 Å². The van der Waals surface area contributed by atoms with E-state index >= 15 is 0 Å². The number of hydrogen-bond donors (Lipinski definition) is 1. The lowest BCUT2D eigenvalue weighted by molar-refractivity contribution is 0.0935. The largest absolute Gasteiger partial charge is 0.494 e. The molecule has 0 atom stereocenters. The first-order valence-corrected chi connectivity index (χ1v) is 8.88. The Kier molecular flexibility index (Phi) is 6.09. The van der Waals surface area contributed by atoms with E-state index in [0.29, 0.717) is 12.2 Å². The molecule has 1 fully saturated rings. The van der Waals surface area contributed by atoms with Crippen LogP contribution in [0.2, 0.25) is 0 Å². The fourth-order valence-electron chi connectivity index (χ4n) is 2.80. The summed E-state index contributed by atoms with van der Waals surface area (Å²) in [6.45, 7) is 3.49. The lowest BCUT2D eigenvalue weighted by Crippen LogP contribution is -2.37. The maximum atomic E-state index is 12.3. The number of nitrogens with one attached hydrogen (secondary N) is 1. The van der Waals surface area contributed by atoms with Crippen LogP contribution in [0.1, 0.15) is 49.4 Å². The molecule has 0 bridgehead atoms. The van der Waals surface area contributed by atoms with Crippen LogP contribution in [0, 0.1) is 5.41 Å². The summed E-state index contributed by atoms with van der Waals surface area (Å²) >= 11 is 3.61. The van der Waals surface area contributed by atoms with Gasteiger partial charge in [0.05, 0.1) is 6.61 Å². The van der Waals surface area contributed by atoms with Crippen molar-refractivity contribution in [2.24, 2.45) is 5.41 Å². The fraction of sp³-hybridized carbons (Fsp3) is 0.588. The van der Waals surface area contributed by atoms with Crippen LogP contribution in [0.4, 0.5) is 0 Å². The monoisotopic (exact) mass is 353 g/mol. The average molecular weight is 354 g/mol. The van der Waals surface area contributed by atoms with Gasteiger partial charge in [-0.25, -0.2) is 0 Å². The van der Waals surface area contributed by atoms with Gasteiger partial charge in [-0.3, -0.25) is 4.79 Å². The van der Waals surface area contributed by atoms with Crippen LogP contribution >= 0.6 is 15.9 Å². The zero-order valence-corrected chi connectivity index (χ0v) is 14.2. The van der Waals surface area contributed by atoms with E-state index < -0.39 is 0 Å². The van der Waals surface area contributed by atoms with Crippen molar-refractivity contribution in [1.29, 1.82) is 0 Å². The highest BCUT2D eigenvalue weighted by atomic mass is 79.9. The van der Waals surface area contributed by atoms with Gasteiger partial charge < -0.3 is 10.1 Å². The van der Waals surface area contributed by atoms with Gasteiger partial charge in [0.25, 0.3) is 5.91 Å². The Bertz CT molecular complexity index is 470. The number of ether oxygens (including phenoxy) is 1. The van der Waals surface area contributed by atoms with E-state index in [9.17, 15) is 4.79 Å². The average Bonchev–Trinajstić information content (AvgIpc) is 3.00. The smallest absolute Gasteiger partial charge is 0.251 e.